The molecule has 19 heavy (non-hydrogen) atoms. The molecule has 108 valence electrons. The molecule has 0 radical (unpaired) electrons. The molecule has 0 aliphatic rings. The Morgan fingerprint density at radius 3 is 2.32 bits per heavy atom. The van der Waals surface area contributed by atoms with Gasteiger partial charge in [-0.15, -0.1) is 0 Å². The zero-order valence-electron chi connectivity index (χ0n) is 10.0. The van der Waals surface area contributed by atoms with Crippen LogP contribution < -0.4 is 22.1 Å². The van der Waals surface area contributed by atoms with Gasteiger partial charge in [0.1, 0.15) is 12.6 Å². The van der Waals surface area contributed by atoms with Gasteiger partial charge in [0.25, 0.3) is 0 Å². The number of aliphatic carboxylic acids is 1. The summed E-state index contributed by atoms with van der Waals surface area (Å²) in [5.74, 6) is -1.95. The number of nitrogens with one attached hydrogen (secondary N) is 2. The lowest BCUT2D eigenvalue weighted by Gasteiger charge is -2.14. The van der Waals surface area contributed by atoms with Gasteiger partial charge in [0.15, 0.2) is 0 Å². The Morgan fingerprint density at radius 2 is 1.84 bits per heavy atom. The zero-order chi connectivity index (χ0) is 14.8. The van der Waals surface area contributed by atoms with Gasteiger partial charge in [-0.05, 0) is 6.42 Å². The van der Waals surface area contributed by atoms with Crippen molar-refractivity contribution in [1.82, 2.24) is 10.6 Å². The Bertz CT molecular complexity index is 359. The van der Waals surface area contributed by atoms with Crippen LogP contribution in [0.5, 0.6) is 0 Å². The predicted octanol–water partition coefficient (Wildman–Crippen LogP) is -1.90. The van der Waals surface area contributed by atoms with Crippen LogP contribution >= 0.6 is 0 Å². The third kappa shape index (κ3) is 9.21. The lowest BCUT2D eigenvalue weighted by molar-refractivity contribution is -0.139. The van der Waals surface area contributed by atoms with E-state index in [1.54, 1.807) is 0 Å². The van der Waals surface area contributed by atoms with E-state index in [9.17, 15) is 19.2 Å². The molecule has 7 N–H and O–H groups in total. The fraction of sp³-hybridized carbons (Fsp3) is 0.556. The number of hydrogen-bond donors (Lipinski definition) is 5. The van der Waals surface area contributed by atoms with Gasteiger partial charge < -0.3 is 31.9 Å². The normalized spacial score (nSPS) is 11.2. The summed E-state index contributed by atoms with van der Waals surface area (Å²) >= 11 is 0. The molecule has 0 aromatic rings. The summed E-state index contributed by atoms with van der Waals surface area (Å²) in [6.07, 6.45) is -1.26. The summed E-state index contributed by atoms with van der Waals surface area (Å²) in [7, 11) is 0. The first-order chi connectivity index (χ1) is 8.82. The van der Waals surface area contributed by atoms with E-state index in [2.05, 4.69) is 21.1 Å². The standard InChI is InChI=1S/C9H16N4O6/c10-6(14)2-1-5(7(15)16)13-9(18)12-3-4-19-8(11)17/h5H,1-4H2,(H2,10,14)(H2,11,17)(H,15,16)(H2,12,13,18)/t5-/m1/s1. The summed E-state index contributed by atoms with van der Waals surface area (Å²) in [6.45, 7) is -0.168. The molecule has 10 heteroatoms. The second kappa shape index (κ2) is 8.55. The Balaban J connectivity index is 3.99. The monoisotopic (exact) mass is 276 g/mol. The first kappa shape index (κ1) is 16.5. The molecule has 0 aliphatic heterocycles. The number of ether oxygens (including phenoxy) is 1. The van der Waals surface area contributed by atoms with Crippen molar-refractivity contribution in [3.8, 4) is 0 Å². The van der Waals surface area contributed by atoms with Crippen LogP contribution in [0.15, 0.2) is 0 Å². The van der Waals surface area contributed by atoms with Crippen molar-refractivity contribution in [2.24, 2.45) is 11.5 Å². The van der Waals surface area contributed by atoms with Crippen LogP contribution in [0, 0.1) is 0 Å². The number of hydrogen-bond acceptors (Lipinski definition) is 5. The summed E-state index contributed by atoms with van der Waals surface area (Å²) < 4.78 is 4.34. The van der Waals surface area contributed by atoms with E-state index in [0.717, 1.165) is 0 Å². The predicted molar refractivity (Wildman–Crippen MR) is 61.9 cm³/mol. The van der Waals surface area contributed by atoms with E-state index in [0.29, 0.717) is 0 Å². The average Bonchev–Trinajstić information content (AvgIpc) is 2.29. The molecule has 0 bridgehead atoms. The number of carboxylic acids is 1. The number of carbonyl (C=O) groups excluding carboxylic acids is 3. The first-order valence-corrected chi connectivity index (χ1v) is 5.30. The van der Waals surface area contributed by atoms with Gasteiger partial charge in [0, 0.05) is 6.42 Å². The van der Waals surface area contributed by atoms with Gasteiger partial charge in [-0.3, -0.25) is 4.79 Å². The topological polar surface area (TPSA) is 174 Å². The van der Waals surface area contributed by atoms with Gasteiger partial charge in [-0.1, -0.05) is 0 Å². The number of nitrogens with two attached hydrogens (primary N) is 2. The molecule has 0 aliphatic carbocycles. The van der Waals surface area contributed by atoms with Crippen LogP contribution in [0.2, 0.25) is 0 Å². The minimum Gasteiger partial charge on any atom is -0.480 e. The van der Waals surface area contributed by atoms with Crippen molar-refractivity contribution >= 4 is 24.0 Å². The number of primary amides is 2. The first-order valence-electron chi connectivity index (χ1n) is 5.30. The molecule has 0 heterocycles. The van der Waals surface area contributed by atoms with Crippen molar-refractivity contribution in [3.63, 3.8) is 0 Å². The smallest absolute Gasteiger partial charge is 0.404 e. The molecule has 0 fully saturated rings. The average molecular weight is 276 g/mol. The molecule has 0 aromatic carbocycles. The lowest BCUT2D eigenvalue weighted by atomic mass is 10.1. The molecule has 0 spiro atoms. The van der Waals surface area contributed by atoms with Gasteiger partial charge in [0.05, 0.1) is 6.54 Å². The van der Waals surface area contributed by atoms with E-state index in [1.165, 1.54) is 0 Å². The maximum Gasteiger partial charge on any atom is 0.404 e. The highest BCUT2D eigenvalue weighted by Crippen LogP contribution is 1.97. The fourth-order valence-electron chi connectivity index (χ4n) is 1.07. The fourth-order valence-corrected chi connectivity index (χ4v) is 1.07. The summed E-state index contributed by atoms with van der Waals surface area (Å²) in [5, 5.41) is 13.2. The summed E-state index contributed by atoms with van der Waals surface area (Å²) in [5.41, 5.74) is 9.56. The second-order valence-corrected chi connectivity index (χ2v) is 3.46. The van der Waals surface area contributed by atoms with Crippen molar-refractivity contribution in [1.29, 1.82) is 0 Å². The third-order valence-corrected chi connectivity index (χ3v) is 1.91. The summed E-state index contributed by atoms with van der Waals surface area (Å²) in [4.78, 5) is 42.8. The second-order valence-electron chi connectivity index (χ2n) is 3.46. The molecule has 0 saturated heterocycles. The number of carbonyl (C=O) groups is 4. The highest BCUT2D eigenvalue weighted by Gasteiger charge is 2.20. The van der Waals surface area contributed by atoms with Crippen molar-refractivity contribution in [2.45, 2.75) is 18.9 Å². The van der Waals surface area contributed by atoms with Crippen LogP contribution in [-0.4, -0.2) is 48.3 Å². The van der Waals surface area contributed by atoms with Crippen LogP contribution in [0.25, 0.3) is 0 Å². The quantitative estimate of drug-likeness (QED) is 0.323. The third-order valence-electron chi connectivity index (χ3n) is 1.91. The highest BCUT2D eigenvalue weighted by molar-refractivity contribution is 5.83. The summed E-state index contributed by atoms with van der Waals surface area (Å²) in [6, 6.07) is -2.01. The van der Waals surface area contributed by atoms with Gasteiger partial charge >= 0.3 is 18.1 Å². The molecule has 10 nitrogen and oxygen atoms in total. The maximum atomic E-state index is 11.3. The van der Waals surface area contributed by atoms with E-state index >= 15 is 0 Å². The van der Waals surface area contributed by atoms with Crippen molar-refractivity contribution < 1.29 is 29.0 Å². The molecule has 4 amide bonds. The molecule has 0 rings (SSSR count). The van der Waals surface area contributed by atoms with Gasteiger partial charge in [0.2, 0.25) is 5.91 Å². The van der Waals surface area contributed by atoms with Gasteiger partial charge in [-0.2, -0.15) is 0 Å². The Labute approximate surface area is 108 Å². The van der Waals surface area contributed by atoms with E-state index in [1.807, 2.05) is 0 Å². The molecular formula is C9H16N4O6. The molecular weight excluding hydrogens is 260 g/mol. The molecule has 0 saturated carbocycles. The molecule has 0 aromatic heterocycles. The Hall–Kier alpha value is -2.52. The van der Waals surface area contributed by atoms with Crippen molar-refractivity contribution in [3.05, 3.63) is 0 Å². The Morgan fingerprint density at radius 1 is 1.21 bits per heavy atom. The van der Waals surface area contributed by atoms with E-state index in [4.69, 9.17) is 10.8 Å². The molecule has 0 unspecified atom stereocenters. The lowest BCUT2D eigenvalue weighted by Crippen LogP contribution is -2.47. The van der Waals surface area contributed by atoms with E-state index in [-0.39, 0.29) is 26.0 Å². The van der Waals surface area contributed by atoms with Gasteiger partial charge in [-0.25, -0.2) is 14.4 Å². The minimum absolute atomic E-state index is 0.0308. The highest BCUT2D eigenvalue weighted by atomic mass is 16.5. The number of rotatable bonds is 8. The van der Waals surface area contributed by atoms with Crippen LogP contribution in [0.1, 0.15) is 12.8 Å². The minimum atomic E-state index is -1.29. The largest absolute Gasteiger partial charge is 0.480 e. The Kier molecular flexibility index (Phi) is 7.42. The van der Waals surface area contributed by atoms with Crippen LogP contribution in [0.3, 0.4) is 0 Å². The maximum absolute atomic E-state index is 11.3. The number of carboxylic acid groups (broad SMARTS) is 1. The van der Waals surface area contributed by atoms with Crippen molar-refractivity contribution in [2.75, 3.05) is 13.2 Å². The van der Waals surface area contributed by atoms with Crippen LogP contribution in [-0.2, 0) is 14.3 Å². The zero-order valence-corrected chi connectivity index (χ0v) is 10.0. The number of amides is 4. The molecule has 1 atom stereocenters. The SMILES string of the molecule is NC(=O)CC[C@@H](NC(=O)NCCOC(N)=O)C(=O)O. The number of urea groups is 1. The van der Waals surface area contributed by atoms with Crippen LogP contribution in [0.4, 0.5) is 9.59 Å². The van der Waals surface area contributed by atoms with E-state index < -0.39 is 30.0 Å².